The van der Waals surface area contributed by atoms with Gasteiger partial charge in [0.2, 0.25) is 5.91 Å². The number of benzene rings is 2. The first-order valence-electron chi connectivity index (χ1n) is 8.61. The predicted molar refractivity (Wildman–Crippen MR) is 106 cm³/mol. The maximum Gasteiger partial charge on any atom is 0.224 e. The zero-order valence-electron chi connectivity index (χ0n) is 15.4. The maximum absolute atomic E-state index is 13.5. The molecule has 0 saturated carbocycles. The summed E-state index contributed by atoms with van der Waals surface area (Å²) in [5, 5.41) is 11.7. The highest BCUT2D eigenvalue weighted by Gasteiger charge is 2.10. The highest BCUT2D eigenvalue weighted by atomic mass is 35.5. The molecule has 3 rings (SSSR count). The highest BCUT2D eigenvalue weighted by Crippen LogP contribution is 2.33. The summed E-state index contributed by atoms with van der Waals surface area (Å²) in [6.45, 7) is 0.129. The van der Waals surface area contributed by atoms with Crippen LogP contribution in [0, 0.1) is 11.6 Å². The van der Waals surface area contributed by atoms with Crippen molar-refractivity contribution in [3.63, 3.8) is 0 Å². The van der Waals surface area contributed by atoms with Gasteiger partial charge in [0.1, 0.15) is 12.1 Å². The van der Waals surface area contributed by atoms with Gasteiger partial charge in [0.05, 0.1) is 11.6 Å². The molecule has 0 bridgehead atoms. The van der Waals surface area contributed by atoms with Crippen molar-refractivity contribution in [2.45, 2.75) is 22.9 Å². The van der Waals surface area contributed by atoms with Gasteiger partial charge in [0.15, 0.2) is 16.7 Å². The number of ether oxygens (including phenoxy) is 1. The van der Waals surface area contributed by atoms with E-state index in [1.807, 2.05) is 7.05 Å². The largest absolute Gasteiger partial charge is 0.491 e. The molecule has 0 radical (unpaired) electrons. The molecule has 0 saturated heterocycles. The molecule has 6 nitrogen and oxygen atoms in total. The lowest BCUT2D eigenvalue weighted by atomic mass is 10.2. The molecule has 0 unspecified atom stereocenters. The van der Waals surface area contributed by atoms with Gasteiger partial charge in [-0.3, -0.25) is 4.79 Å². The highest BCUT2D eigenvalue weighted by molar-refractivity contribution is 7.99. The average molecular weight is 439 g/mol. The summed E-state index contributed by atoms with van der Waals surface area (Å²) in [5.74, 6) is -1.72. The van der Waals surface area contributed by atoms with Gasteiger partial charge in [-0.05, 0) is 48.5 Å². The van der Waals surface area contributed by atoms with Gasteiger partial charge in [0.25, 0.3) is 0 Å². The number of carbonyl (C=O) groups is 1. The summed E-state index contributed by atoms with van der Waals surface area (Å²) in [5.41, 5.74) is 0.563. The third-order valence-corrected chi connectivity index (χ3v) is 5.34. The molecule has 1 aromatic heterocycles. The molecule has 2 aromatic carbocycles. The molecule has 0 aliphatic rings. The molecule has 1 heterocycles. The zero-order valence-corrected chi connectivity index (χ0v) is 16.9. The van der Waals surface area contributed by atoms with E-state index in [4.69, 9.17) is 16.3 Å². The fraction of sp³-hybridized carbons (Fsp3) is 0.211. The van der Waals surface area contributed by atoms with Crippen LogP contribution in [0.15, 0.2) is 52.8 Å². The number of nitrogens with one attached hydrogen (secondary N) is 1. The summed E-state index contributed by atoms with van der Waals surface area (Å²) in [6.07, 6.45) is 2.14. The SMILES string of the molecule is Cn1cnnc1Sc1ccc(NC(=O)CCCOc2ccc(F)cc2F)cc1Cl. The van der Waals surface area contributed by atoms with E-state index in [2.05, 4.69) is 15.5 Å². The molecule has 1 amide bonds. The number of halogens is 3. The van der Waals surface area contributed by atoms with Gasteiger partial charge >= 0.3 is 0 Å². The minimum atomic E-state index is -0.775. The average Bonchev–Trinajstić information content (AvgIpc) is 3.07. The normalized spacial score (nSPS) is 10.8. The molecule has 10 heteroatoms. The lowest BCUT2D eigenvalue weighted by Gasteiger charge is -2.09. The summed E-state index contributed by atoms with van der Waals surface area (Å²) in [7, 11) is 1.83. The van der Waals surface area contributed by atoms with E-state index >= 15 is 0 Å². The molecule has 0 aliphatic carbocycles. The molecule has 0 atom stereocenters. The lowest BCUT2D eigenvalue weighted by molar-refractivity contribution is -0.116. The van der Waals surface area contributed by atoms with Gasteiger partial charge in [-0.15, -0.1) is 10.2 Å². The minimum Gasteiger partial charge on any atom is -0.491 e. The van der Waals surface area contributed by atoms with Crippen molar-refractivity contribution >= 4 is 35.0 Å². The Morgan fingerprint density at radius 3 is 2.79 bits per heavy atom. The number of amides is 1. The zero-order chi connectivity index (χ0) is 20.8. The number of nitrogens with zero attached hydrogens (tertiary/aromatic N) is 3. The van der Waals surface area contributed by atoms with Crippen LogP contribution in [0.1, 0.15) is 12.8 Å². The number of aromatic nitrogens is 3. The van der Waals surface area contributed by atoms with Crippen molar-refractivity contribution < 1.29 is 18.3 Å². The van der Waals surface area contributed by atoms with Gasteiger partial charge in [-0.25, -0.2) is 8.78 Å². The van der Waals surface area contributed by atoms with E-state index in [-0.39, 0.29) is 24.7 Å². The van der Waals surface area contributed by atoms with E-state index in [1.165, 1.54) is 17.8 Å². The predicted octanol–water partition coefficient (Wildman–Crippen LogP) is 4.70. The second kappa shape index (κ2) is 9.71. The first-order chi connectivity index (χ1) is 13.9. The Hall–Kier alpha value is -2.65. The van der Waals surface area contributed by atoms with E-state index in [0.29, 0.717) is 22.3 Å². The summed E-state index contributed by atoms with van der Waals surface area (Å²) < 4.78 is 33.3. The molecule has 0 fully saturated rings. The Labute approximate surface area is 175 Å². The number of rotatable bonds is 8. The molecular weight excluding hydrogens is 422 g/mol. The summed E-state index contributed by atoms with van der Waals surface area (Å²) in [4.78, 5) is 12.9. The van der Waals surface area contributed by atoms with Crippen LogP contribution in [0.25, 0.3) is 0 Å². The fourth-order valence-corrected chi connectivity index (χ4v) is 3.42. The smallest absolute Gasteiger partial charge is 0.224 e. The first-order valence-corrected chi connectivity index (χ1v) is 9.81. The Balaban J connectivity index is 1.46. The van der Waals surface area contributed by atoms with Crippen molar-refractivity contribution in [2.75, 3.05) is 11.9 Å². The molecule has 3 aromatic rings. The Morgan fingerprint density at radius 1 is 1.28 bits per heavy atom. The van der Waals surface area contributed by atoms with Crippen molar-refractivity contribution in [2.24, 2.45) is 7.05 Å². The van der Waals surface area contributed by atoms with Crippen LogP contribution in [-0.4, -0.2) is 27.3 Å². The van der Waals surface area contributed by atoms with Crippen LogP contribution in [0.5, 0.6) is 5.75 Å². The van der Waals surface area contributed by atoms with Crippen LogP contribution >= 0.6 is 23.4 Å². The van der Waals surface area contributed by atoms with Crippen LogP contribution in [0.2, 0.25) is 5.02 Å². The van der Waals surface area contributed by atoms with E-state index in [1.54, 1.807) is 29.1 Å². The van der Waals surface area contributed by atoms with E-state index in [0.717, 1.165) is 17.0 Å². The topological polar surface area (TPSA) is 69.0 Å². The van der Waals surface area contributed by atoms with E-state index in [9.17, 15) is 13.6 Å². The molecule has 152 valence electrons. The van der Waals surface area contributed by atoms with E-state index < -0.39 is 11.6 Å². The van der Waals surface area contributed by atoms with Gasteiger partial charge in [0, 0.05) is 30.1 Å². The number of carbonyl (C=O) groups excluding carboxylic acids is 1. The molecule has 0 aliphatic heterocycles. The molecule has 1 N–H and O–H groups in total. The molecule has 0 spiro atoms. The van der Waals surface area contributed by atoms with Crippen molar-refractivity contribution in [1.82, 2.24) is 14.8 Å². The quantitative estimate of drug-likeness (QED) is 0.516. The Kier molecular flexibility index (Phi) is 7.05. The van der Waals surface area contributed by atoms with Crippen molar-refractivity contribution in [3.8, 4) is 5.75 Å². The van der Waals surface area contributed by atoms with Crippen molar-refractivity contribution in [1.29, 1.82) is 0 Å². The maximum atomic E-state index is 13.5. The van der Waals surface area contributed by atoms with Crippen LogP contribution in [0.3, 0.4) is 0 Å². The number of anilines is 1. The van der Waals surface area contributed by atoms with Crippen LogP contribution in [-0.2, 0) is 11.8 Å². The minimum absolute atomic E-state index is 0.0467. The number of hydrogen-bond acceptors (Lipinski definition) is 5. The monoisotopic (exact) mass is 438 g/mol. The first kappa shape index (κ1) is 21.1. The van der Waals surface area contributed by atoms with Gasteiger partial charge in [-0.1, -0.05) is 11.6 Å². The number of hydrogen-bond donors (Lipinski definition) is 1. The van der Waals surface area contributed by atoms with Crippen LogP contribution in [0.4, 0.5) is 14.5 Å². The van der Waals surface area contributed by atoms with Crippen LogP contribution < -0.4 is 10.1 Å². The standard InChI is InChI=1S/C19H17ClF2N4O2S/c1-26-11-23-25-19(26)29-17-7-5-13(10-14(17)20)24-18(27)3-2-8-28-16-6-4-12(21)9-15(16)22/h4-7,9-11H,2-3,8H2,1H3,(H,24,27). The summed E-state index contributed by atoms with van der Waals surface area (Å²) >= 11 is 7.66. The molecular formula is C19H17ClF2N4O2S. The Morgan fingerprint density at radius 2 is 2.10 bits per heavy atom. The van der Waals surface area contributed by atoms with Gasteiger partial charge in [-0.2, -0.15) is 0 Å². The molecule has 29 heavy (non-hydrogen) atoms. The summed E-state index contributed by atoms with van der Waals surface area (Å²) in [6, 6.07) is 8.26. The van der Waals surface area contributed by atoms with Crippen molar-refractivity contribution in [3.05, 3.63) is 59.4 Å². The second-order valence-electron chi connectivity index (χ2n) is 6.05. The van der Waals surface area contributed by atoms with Gasteiger partial charge < -0.3 is 14.6 Å². The third kappa shape index (κ3) is 5.91. The third-order valence-electron chi connectivity index (χ3n) is 3.79. The number of aryl methyl sites for hydroxylation is 1. The second-order valence-corrected chi connectivity index (χ2v) is 7.46. The Bertz CT molecular complexity index is 1020. The lowest BCUT2D eigenvalue weighted by Crippen LogP contribution is -2.13. The fourth-order valence-electron chi connectivity index (χ4n) is 2.36.